The van der Waals surface area contributed by atoms with Crippen molar-refractivity contribution >= 4 is 29.5 Å². The van der Waals surface area contributed by atoms with Crippen LogP contribution < -0.4 is 0 Å². The Bertz CT molecular complexity index is 678. The van der Waals surface area contributed by atoms with Gasteiger partial charge in [0.15, 0.2) is 0 Å². The van der Waals surface area contributed by atoms with Gasteiger partial charge in [0.25, 0.3) is 5.69 Å². The molecule has 0 spiro atoms. The highest BCUT2D eigenvalue weighted by atomic mass is 35.5. The summed E-state index contributed by atoms with van der Waals surface area (Å²) in [6.07, 6.45) is -1.87. The van der Waals surface area contributed by atoms with E-state index in [4.69, 9.17) is 21.1 Å². The standard InChI is InChI=1S/C17H23ClN2O6/c1-16(2,3)25-14(21)19(15(22)26-17(4,5)6)10-11-9-12(20(23)24)7-8-13(11)18/h7-9H,10H2,1-6H3. The summed E-state index contributed by atoms with van der Waals surface area (Å²) in [5.74, 6) is 0. The summed E-state index contributed by atoms with van der Waals surface area (Å²) in [6, 6.07) is 3.76. The molecule has 0 aliphatic rings. The molecule has 0 N–H and O–H groups in total. The van der Waals surface area contributed by atoms with Gasteiger partial charge in [-0.2, -0.15) is 0 Å². The Hall–Kier alpha value is -2.35. The SMILES string of the molecule is CC(C)(C)OC(=O)N(Cc1cc([N+](=O)[O-])ccc1Cl)C(=O)OC(C)(C)C. The van der Waals surface area contributed by atoms with Gasteiger partial charge < -0.3 is 9.47 Å². The summed E-state index contributed by atoms with van der Waals surface area (Å²) in [5.41, 5.74) is -1.68. The number of rotatable bonds is 3. The molecule has 2 amide bonds. The highest BCUT2D eigenvalue weighted by Gasteiger charge is 2.32. The van der Waals surface area contributed by atoms with Crippen LogP contribution in [-0.2, 0) is 16.0 Å². The van der Waals surface area contributed by atoms with E-state index in [0.717, 1.165) is 4.90 Å². The third-order valence-corrected chi connectivity index (χ3v) is 3.17. The summed E-state index contributed by atoms with van der Waals surface area (Å²) in [7, 11) is 0. The summed E-state index contributed by atoms with van der Waals surface area (Å²) >= 11 is 6.07. The number of hydrogen-bond acceptors (Lipinski definition) is 6. The first kappa shape index (κ1) is 21.7. The monoisotopic (exact) mass is 386 g/mol. The van der Waals surface area contributed by atoms with Crippen LogP contribution in [0.4, 0.5) is 15.3 Å². The molecule has 9 heteroatoms. The molecule has 0 radical (unpaired) electrons. The Labute approximate surface area is 157 Å². The molecule has 1 aromatic carbocycles. The van der Waals surface area contributed by atoms with E-state index in [1.165, 1.54) is 18.2 Å². The number of benzene rings is 1. The Morgan fingerprint density at radius 1 is 1.08 bits per heavy atom. The summed E-state index contributed by atoms with van der Waals surface area (Å²) in [5, 5.41) is 11.1. The smallest absolute Gasteiger partial charge is 0.420 e. The van der Waals surface area contributed by atoms with Gasteiger partial charge in [-0.1, -0.05) is 11.6 Å². The second-order valence-corrected chi connectivity index (χ2v) is 7.99. The number of amides is 2. The van der Waals surface area contributed by atoms with E-state index in [0.29, 0.717) is 0 Å². The quantitative estimate of drug-likeness (QED) is 0.540. The summed E-state index contributed by atoms with van der Waals surface area (Å²) < 4.78 is 10.5. The fourth-order valence-corrected chi connectivity index (χ4v) is 1.98. The maximum absolute atomic E-state index is 12.4. The molecular formula is C17H23ClN2O6. The normalized spacial score (nSPS) is 11.7. The number of imide groups is 1. The molecule has 0 aromatic heterocycles. The van der Waals surface area contributed by atoms with E-state index in [2.05, 4.69) is 0 Å². The second kappa shape index (κ2) is 7.90. The lowest BCUT2D eigenvalue weighted by Crippen LogP contribution is -2.43. The zero-order chi connectivity index (χ0) is 20.3. The first-order chi connectivity index (χ1) is 11.7. The minimum absolute atomic E-state index is 0.174. The number of nitrogens with zero attached hydrogens (tertiary/aromatic N) is 2. The minimum atomic E-state index is -0.936. The predicted octanol–water partition coefficient (Wildman–Crippen LogP) is 4.92. The lowest BCUT2D eigenvalue weighted by atomic mass is 10.2. The highest BCUT2D eigenvalue weighted by molar-refractivity contribution is 6.31. The Morgan fingerprint density at radius 3 is 1.92 bits per heavy atom. The van der Waals surface area contributed by atoms with Gasteiger partial charge in [0.1, 0.15) is 11.2 Å². The van der Waals surface area contributed by atoms with Crippen LogP contribution in [0, 0.1) is 10.1 Å². The molecular weight excluding hydrogens is 364 g/mol. The van der Waals surface area contributed by atoms with Gasteiger partial charge in [0.05, 0.1) is 11.5 Å². The predicted molar refractivity (Wildman–Crippen MR) is 96.1 cm³/mol. The lowest BCUT2D eigenvalue weighted by Gasteiger charge is -2.28. The molecule has 0 aliphatic carbocycles. The molecule has 0 saturated carbocycles. The van der Waals surface area contributed by atoms with Gasteiger partial charge in [-0.05, 0) is 53.2 Å². The molecule has 144 valence electrons. The third-order valence-electron chi connectivity index (χ3n) is 2.80. The fourth-order valence-electron chi connectivity index (χ4n) is 1.80. The average molecular weight is 387 g/mol. The van der Waals surface area contributed by atoms with E-state index in [1.807, 2.05) is 0 Å². The van der Waals surface area contributed by atoms with E-state index in [9.17, 15) is 19.7 Å². The molecule has 0 unspecified atom stereocenters. The molecule has 0 heterocycles. The second-order valence-electron chi connectivity index (χ2n) is 7.58. The summed E-state index contributed by atoms with van der Waals surface area (Å²) in [4.78, 5) is 36.0. The first-order valence-corrected chi connectivity index (χ1v) is 8.24. The van der Waals surface area contributed by atoms with E-state index < -0.39 is 28.3 Å². The van der Waals surface area contributed by atoms with Crippen molar-refractivity contribution in [2.75, 3.05) is 0 Å². The first-order valence-electron chi connectivity index (χ1n) is 7.86. The fraction of sp³-hybridized carbons (Fsp3) is 0.529. The van der Waals surface area contributed by atoms with Crippen molar-refractivity contribution in [1.29, 1.82) is 0 Å². The molecule has 0 saturated heterocycles. The summed E-state index contributed by atoms with van der Waals surface area (Å²) in [6.45, 7) is 9.58. The van der Waals surface area contributed by atoms with Crippen molar-refractivity contribution in [3.63, 3.8) is 0 Å². The number of nitro groups is 1. The van der Waals surface area contributed by atoms with Gasteiger partial charge >= 0.3 is 12.2 Å². The van der Waals surface area contributed by atoms with Crippen molar-refractivity contribution in [3.05, 3.63) is 38.9 Å². The van der Waals surface area contributed by atoms with Crippen molar-refractivity contribution in [2.45, 2.75) is 59.3 Å². The number of hydrogen-bond donors (Lipinski definition) is 0. The van der Waals surface area contributed by atoms with Crippen LogP contribution in [0.25, 0.3) is 0 Å². The van der Waals surface area contributed by atoms with E-state index in [1.54, 1.807) is 41.5 Å². The van der Waals surface area contributed by atoms with E-state index in [-0.39, 0.29) is 22.8 Å². The van der Waals surface area contributed by atoms with Crippen LogP contribution in [0.1, 0.15) is 47.1 Å². The Morgan fingerprint density at radius 2 is 1.54 bits per heavy atom. The maximum Gasteiger partial charge on any atom is 0.420 e. The molecule has 0 bridgehead atoms. The van der Waals surface area contributed by atoms with Crippen molar-refractivity contribution < 1.29 is 24.0 Å². The molecule has 8 nitrogen and oxygen atoms in total. The van der Waals surface area contributed by atoms with E-state index >= 15 is 0 Å². The largest absolute Gasteiger partial charge is 0.443 e. The zero-order valence-electron chi connectivity index (χ0n) is 15.7. The number of halogens is 1. The topological polar surface area (TPSA) is 99.0 Å². The van der Waals surface area contributed by atoms with Gasteiger partial charge in [0.2, 0.25) is 0 Å². The number of carbonyl (C=O) groups is 2. The van der Waals surface area contributed by atoms with Crippen LogP contribution >= 0.6 is 11.6 Å². The van der Waals surface area contributed by atoms with Crippen LogP contribution in [0.15, 0.2) is 18.2 Å². The van der Waals surface area contributed by atoms with Gasteiger partial charge in [-0.3, -0.25) is 10.1 Å². The number of carbonyl (C=O) groups excluding carboxylic acids is 2. The lowest BCUT2D eigenvalue weighted by molar-refractivity contribution is -0.384. The molecule has 26 heavy (non-hydrogen) atoms. The Kier molecular flexibility index (Phi) is 6.59. The Balaban J connectivity index is 3.20. The molecule has 1 rings (SSSR count). The van der Waals surface area contributed by atoms with Crippen LogP contribution in [0.2, 0.25) is 5.02 Å². The molecule has 0 aliphatic heterocycles. The minimum Gasteiger partial charge on any atom is -0.443 e. The molecule has 0 fully saturated rings. The number of non-ortho nitro benzene ring substituents is 1. The average Bonchev–Trinajstić information content (AvgIpc) is 2.41. The van der Waals surface area contributed by atoms with Gasteiger partial charge in [-0.25, -0.2) is 14.5 Å². The van der Waals surface area contributed by atoms with Crippen LogP contribution in [0.3, 0.4) is 0 Å². The van der Waals surface area contributed by atoms with Crippen molar-refractivity contribution in [3.8, 4) is 0 Å². The number of nitro benzene ring substituents is 1. The van der Waals surface area contributed by atoms with Gasteiger partial charge in [0, 0.05) is 17.2 Å². The highest BCUT2D eigenvalue weighted by Crippen LogP contribution is 2.25. The molecule has 0 atom stereocenters. The third kappa shape index (κ3) is 6.87. The van der Waals surface area contributed by atoms with Crippen molar-refractivity contribution in [2.24, 2.45) is 0 Å². The maximum atomic E-state index is 12.4. The van der Waals surface area contributed by atoms with Gasteiger partial charge in [-0.15, -0.1) is 0 Å². The van der Waals surface area contributed by atoms with Crippen molar-refractivity contribution in [1.82, 2.24) is 4.90 Å². The van der Waals surface area contributed by atoms with Crippen LogP contribution in [0.5, 0.6) is 0 Å². The molecule has 1 aromatic rings. The zero-order valence-corrected chi connectivity index (χ0v) is 16.4. The number of ether oxygens (including phenoxy) is 2. The van der Waals surface area contributed by atoms with Crippen LogP contribution in [-0.4, -0.2) is 33.2 Å².